The molecule has 0 N–H and O–H groups in total. The first-order chi connectivity index (χ1) is 8.03. The van der Waals surface area contributed by atoms with E-state index >= 15 is 0 Å². The van der Waals surface area contributed by atoms with Gasteiger partial charge in [0.05, 0.1) is 5.69 Å². The zero-order chi connectivity index (χ0) is 12.5. The van der Waals surface area contributed by atoms with Crippen molar-refractivity contribution in [3.63, 3.8) is 0 Å². The predicted octanol–water partition coefficient (Wildman–Crippen LogP) is 0.432. The molecule has 1 aliphatic rings. The molecule has 0 aromatic carbocycles. The molecule has 6 nitrogen and oxygen atoms in total. The summed E-state index contributed by atoms with van der Waals surface area (Å²) in [6, 6.07) is 0. The van der Waals surface area contributed by atoms with Gasteiger partial charge in [-0.2, -0.15) is 12.7 Å². The van der Waals surface area contributed by atoms with Gasteiger partial charge in [0, 0.05) is 39.4 Å². The van der Waals surface area contributed by atoms with Crippen LogP contribution in [0.5, 0.6) is 0 Å². The summed E-state index contributed by atoms with van der Waals surface area (Å²) in [7, 11) is -0.433. The Morgan fingerprint density at radius 3 is 2.65 bits per heavy atom. The maximum atomic E-state index is 12.1. The van der Waals surface area contributed by atoms with Crippen LogP contribution in [0, 0.1) is 0 Å². The highest BCUT2D eigenvalue weighted by Crippen LogP contribution is 2.27. The Morgan fingerprint density at radius 1 is 1.41 bits per heavy atom. The Kier molecular flexibility index (Phi) is 3.50. The zero-order valence-corrected chi connectivity index (χ0v) is 10.9. The predicted molar refractivity (Wildman–Crippen MR) is 63.0 cm³/mol. The molecule has 0 radical (unpaired) electrons. The minimum atomic E-state index is -3.47. The van der Waals surface area contributed by atoms with Crippen LogP contribution in [0.4, 0.5) is 0 Å². The summed E-state index contributed by atoms with van der Waals surface area (Å²) in [4.78, 5) is 3.96. The van der Waals surface area contributed by atoms with E-state index in [2.05, 4.69) is 4.98 Å². The summed E-state index contributed by atoms with van der Waals surface area (Å²) in [5.74, 6) is 0.209. The van der Waals surface area contributed by atoms with Gasteiger partial charge < -0.3 is 4.74 Å². The topological polar surface area (TPSA) is 64.4 Å². The maximum absolute atomic E-state index is 12.1. The van der Waals surface area contributed by atoms with Crippen molar-refractivity contribution in [3.05, 3.63) is 18.2 Å². The minimum absolute atomic E-state index is 0.209. The van der Waals surface area contributed by atoms with Crippen molar-refractivity contribution < 1.29 is 13.2 Å². The molecule has 1 aliphatic heterocycles. The molecule has 1 fully saturated rings. The SMILES string of the molecule is CN(C)S(=O)(=O)n1cncc1C1CCOCC1. The smallest absolute Gasteiger partial charge is 0.308 e. The van der Waals surface area contributed by atoms with E-state index in [0.29, 0.717) is 13.2 Å². The summed E-state index contributed by atoms with van der Waals surface area (Å²) < 4.78 is 31.9. The number of ether oxygens (including phenoxy) is 1. The fourth-order valence-corrected chi connectivity index (χ4v) is 2.93. The Balaban J connectivity index is 2.34. The van der Waals surface area contributed by atoms with Crippen LogP contribution in [-0.2, 0) is 14.9 Å². The molecule has 0 aliphatic carbocycles. The third-order valence-corrected chi connectivity index (χ3v) is 4.71. The van der Waals surface area contributed by atoms with E-state index in [4.69, 9.17) is 4.74 Å². The van der Waals surface area contributed by atoms with Gasteiger partial charge in [-0.25, -0.2) is 8.96 Å². The highest BCUT2D eigenvalue weighted by Gasteiger charge is 2.25. The third-order valence-electron chi connectivity index (χ3n) is 2.98. The van der Waals surface area contributed by atoms with Crippen molar-refractivity contribution in [1.29, 1.82) is 0 Å². The van der Waals surface area contributed by atoms with Crippen LogP contribution in [0.15, 0.2) is 12.5 Å². The standard InChI is InChI=1S/C10H17N3O3S/c1-12(2)17(14,15)13-8-11-7-10(13)9-3-5-16-6-4-9/h7-9H,3-6H2,1-2H3. The average molecular weight is 259 g/mol. The molecule has 0 amide bonds. The van der Waals surface area contributed by atoms with Crippen LogP contribution in [0.1, 0.15) is 24.5 Å². The van der Waals surface area contributed by atoms with E-state index in [9.17, 15) is 8.42 Å². The lowest BCUT2D eigenvalue weighted by Crippen LogP contribution is -2.30. The minimum Gasteiger partial charge on any atom is -0.381 e. The van der Waals surface area contributed by atoms with Crippen molar-refractivity contribution in [3.8, 4) is 0 Å². The summed E-state index contributed by atoms with van der Waals surface area (Å²) in [6.07, 6.45) is 4.68. The van der Waals surface area contributed by atoms with Crippen molar-refractivity contribution >= 4 is 10.2 Å². The first kappa shape index (κ1) is 12.5. The van der Waals surface area contributed by atoms with Gasteiger partial charge in [0.15, 0.2) is 0 Å². The van der Waals surface area contributed by atoms with E-state index in [0.717, 1.165) is 18.5 Å². The van der Waals surface area contributed by atoms with Gasteiger partial charge in [-0.05, 0) is 12.8 Å². The molecule has 2 heterocycles. The molecule has 0 saturated carbocycles. The molecule has 0 bridgehead atoms. The van der Waals surface area contributed by atoms with E-state index < -0.39 is 10.2 Å². The molecule has 0 atom stereocenters. The highest BCUT2D eigenvalue weighted by atomic mass is 32.2. The molecule has 17 heavy (non-hydrogen) atoms. The summed E-state index contributed by atoms with van der Waals surface area (Å²) in [5.41, 5.74) is 0.752. The molecule has 0 unspecified atom stereocenters. The molecule has 1 saturated heterocycles. The first-order valence-corrected chi connectivity index (χ1v) is 6.96. The van der Waals surface area contributed by atoms with Crippen molar-refractivity contribution in [2.24, 2.45) is 0 Å². The molecular formula is C10H17N3O3S. The Bertz CT molecular complexity index is 475. The van der Waals surface area contributed by atoms with Crippen molar-refractivity contribution in [1.82, 2.24) is 13.3 Å². The quantitative estimate of drug-likeness (QED) is 0.789. The maximum Gasteiger partial charge on any atom is 0.308 e. The van der Waals surface area contributed by atoms with Crippen LogP contribution in [0.3, 0.4) is 0 Å². The summed E-state index contributed by atoms with van der Waals surface area (Å²) in [5, 5.41) is 0. The normalized spacial score (nSPS) is 18.8. The number of rotatable bonds is 3. The van der Waals surface area contributed by atoms with Gasteiger partial charge in [-0.15, -0.1) is 0 Å². The molecule has 0 spiro atoms. The number of hydrogen-bond acceptors (Lipinski definition) is 4. The molecule has 2 rings (SSSR count). The zero-order valence-electron chi connectivity index (χ0n) is 10.0. The Morgan fingerprint density at radius 2 is 2.06 bits per heavy atom. The van der Waals surface area contributed by atoms with Crippen LogP contribution < -0.4 is 0 Å². The van der Waals surface area contributed by atoms with Crippen molar-refractivity contribution in [2.75, 3.05) is 27.3 Å². The second-order valence-corrected chi connectivity index (χ2v) is 6.31. The van der Waals surface area contributed by atoms with Crippen molar-refractivity contribution in [2.45, 2.75) is 18.8 Å². The number of imidazole rings is 1. The molecule has 96 valence electrons. The van der Waals surface area contributed by atoms with Crippen LogP contribution in [0.2, 0.25) is 0 Å². The van der Waals surface area contributed by atoms with Gasteiger partial charge in [0.1, 0.15) is 6.33 Å². The monoisotopic (exact) mass is 259 g/mol. The van der Waals surface area contributed by atoms with Gasteiger partial charge in [0.25, 0.3) is 0 Å². The fraction of sp³-hybridized carbons (Fsp3) is 0.700. The van der Waals surface area contributed by atoms with Gasteiger partial charge in [-0.3, -0.25) is 0 Å². The number of hydrogen-bond donors (Lipinski definition) is 0. The number of aromatic nitrogens is 2. The first-order valence-electron chi connectivity index (χ1n) is 5.56. The molecule has 7 heteroatoms. The van der Waals surface area contributed by atoms with Gasteiger partial charge >= 0.3 is 10.2 Å². The number of nitrogens with zero attached hydrogens (tertiary/aromatic N) is 3. The second-order valence-electron chi connectivity index (χ2n) is 4.29. The fourth-order valence-electron chi connectivity index (χ4n) is 1.94. The average Bonchev–Trinajstić information content (AvgIpc) is 2.79. The Hall–Kier alpha value is -0.920. The van der Waals surface area contributed by atoms with Crippen LogP contribution in [-0.4, -0.2) is 49.0 Å². The second kappa shape index (κ2) is 4.75. The van der Waals surface area contributed by atoms with Crippen LogP contribution in [0.25, 0.3) is 0 Å². The summed E-state index contributed by atoms with van der Waals surface area (Å²) in [6.45, 7) is 1.36. The lowest BCUT2D eigenvalue weighted by molar-refractivity contribution is 0.0843. The largest absolute Gasteiger partial charge is 0.381 e. The lowest BCUT2D eigenvalue weighted by atomic mass is 9.97. The van der Waals surface area contributed by atoms with Crippen LogP contribution >= 0.6 is 0 Å². The Labute approximate surface area is 101 Å². The molecule has 1 aromatic rings. The van der Waals surface area contributed by atoms with Gasteiger partial charge in [0.2, 0.25) is 0 Å². The highest BCUT2D eigenvalue weighted by molar-refractivity contribution is 7.87. The van der Waals surface area contributed by atoms with E-state index in [1.807, 2.05) is 0 Å². The third kappa shape index (κ3) is 2.36. The lowest BCUT2D eigenvalue weighted by Gasteiger charge is -2.23. The summed E-state index contributed by atoms with van der Waals surface area (Å²) >= 11 is 0. The van der Waals surface area contributed by atoms with E-state index in [-0.39, 0.29) is 5.92 Å². The molecule has 1 aromatic heterocycles. The van der Waals surface area contributed by atoms with E-state index in [1.54, 1.807) is 6.20 Å². The molecular weight excluding hydrogens is 242 g/mol. The van der Waals surface area contributed by atoms with E-state index in [1.165, 1.54) is 28.7 Å². The van der Waals surface area contributed by atoms with Gasteiger partial charge in [-0.1, -0.05) is 0 Å².